The lowest BCUT2D eigenvalue weighted by Gasteiger charge is -2.16. The number of aromatic amines is 1. The van der Waals surface area contributed by atoms with E-state index < -0.39 is 5.60 Å². The van der Waals surface area contributed by atoms with Crippen molar-refractivity contribution in [3.8, 4) is 17.0 Å². The Morgan fingerprint density at radius 1 is 1.29 bits per heavy atom. The molecule has 0 unspecified atom stereocenters. The molecule has 21 heavy (non-hydrogen) atoms. The maximum Gasteiger partial charge on any atom is 0.270 e. The van der Waals surface area contributed by atoms with Gasteiger partial charge in [0.15, 0.2) is 0 Å². The maximum atomic E-state index is 11.7. The zero-order valence-electron chi connectivity index (χ0n) is 12.5. The van der Waals surface area contributed by atoms with E-state index in [2.05, 4.69) is 17.1 Å². The zero-order chi connectivity index (χ0) is 15.5. The molecular formula is C16H20N2O3. The van der Waals surface area contributed by atoms with Crippen molar-refractivity contribution in [1.82, 2.24) is 10.2 Å². The first-order chi connectivity index (χ1) is 9.91. The van der Waals surface area contributed by atoms with Crippen LogP contribution in [-0.2, 0) is 5.60 Å². The molecule has 0 aliphatic rings. The summed E-state index contributed by atoms with van der Waals surface area (Å²) in [6.45, 7) is 5.88. The van der Waals surface area contributed by atoms with E-state index in [9.17, 15) is 9.90 Å². The molecule has 0 atom stereocenters. The first-order valence-corrected chi connectivity index (χ1v) is 6.97. The summed E-state index contributed by atoms with van der Waals surface area (Å²) >= 11 is 0. The molecule has 2 rings (SSSR count). The van der Waals surface area contributed by atoms with Gasteiger partial charge in [-0.05, 0) is 50.6 Å². The van der Waals surface area contributed by atoms with E-state index in [-0.39, 0.29) is 5.56 Å². The zero-order valence-corrected chi connectivity index (χ0v) is 12.5. The first kappa shape index (κ1) is 15.3. The van der Waals surface area contributed by atoms with Crippen LogP contribution < -0.4 is 10.3 Å². The van der Waals surface area contributed by atoms with Crippen LogP contribution in [0.2, 0.25) is 0 Å². The Bertz CT molecular complexity index is 654. The van der Waals surface area contributed by atoms with E-state index in [0.29, 0.717) is 17.9 Å². The monoisotopic (exact) mass is 288 g/mol. The number of hydrogen-bond donors (Lipinski definition) is 2. The predicted molar refractivity (Wildman–Crippen MR) is 81.3 cm³/mol. The summed E-state index contributed by atoms with van der Waals surface area (Å²) in [5.74, 6) is 0.799. The minimum Gasteiger partial charge on any atom is -0.494 e. The van der Waals surface area contributed by atoms with E-state index in [1.807, 2.05) is 24.3 Å². The molecule has 1 aromatic carbocycles. The molecule has 2 aromatic rings. The third-order valence-electron chi connectivity index (χ3n) is 3.09. The Kier molecular flexibility index (Phi) is 4.43. The maximum absolute atomic E-state index is 11.7. The Morgan fingerprint density at radius 2 is 1.95 bits per heavy atom. The van der Waals surface area contributed by atoms with Gasteiger partial charge in [-0.25, -0.2) is 5.10 Å². The number of ether oxygens (including phenoxy) is 1. The Labute approximate surface area is 123 Å². The fourth-order valence-electron chi connectivity index (χ4n) is 1.95. The summed E-state index contributed by atoms with van der Waals surface area (Å²) in [5, 5.41) is 16.5. The largest absolute Gasteiger partial charge is 0.494 e. The van der Waals surface area contributed by atoms with Gasteiger partial charge < -0.3 is 9.84 Å². The van der Waals surface area contributed by atoms with Gasteiger partial charge in [0.25, 0.3) is 5.56 Å². The Hall–Kier alpha value is -2.14. The number of nitrogens with zero attached hydrogens (tertiary/aromatic N) is 1. The summed E-state index contributed by atoms with van der Waals surface area (Å²) in [6.07, 6.45) is 0.957. The molecule has 112 valence electrons. The number of hydrogen-bond acceptors (Lipinski definition) is 4. The van der Waals surface area contributed by atoms with Gasteiger partial charge in [-0.1, -0.05) is 6.92 Å². The van der Waals surface area contributed by atoms with Gasteiger partial charge >= 0.3 is 0 Å². The molecule has 0 amide bonds. The molecule has 1 aromatic heterocycles. The van der Waals surface area contributed by atoms with Gasteiger partial charge in [0.1, 0.15) is 5.75 Å². The standard InChI is InChI=1S/C16H20N2O3/c1-4-9-21-12-7-5-11(6-8-12)14-10-13(16(2,3)20)15(19)18-17-14/h5-8,10,20H,4,9H2,1-3H3,(H,18,19). The molecule has 0 radical (unpaired) electrons. The molecule has 5 heteroatoms. The highest BCUT2D eigenvalue weighted by Crippen LogP contribution is 2.23. The van der Waals surface area contributed by atoms with Crippen LogP contribution in [0.4, 0.5) is 0 Å². The molecule has 2 N–H and O–H groups in total. The summed E-state index contributed by atoms with van der Waals surface area (Å²) < 4.78 is 5.52. The van der Waals surface area contributed by atoms with Crippen molar-refractivity contribution in [3.05, 3.63) is 46.2 Å². The van der Waals surface area contributed by atoms with Crippen LogP contribution in [0.25, 0.3) is 11.3 Å². The first-order valence-electron chi connectivity index (χ1n) is 6.97. The second kappa shape index (κ2) is 6.10. The van der Waals surface area contributed by atoms with Crippen LogP contribution in [0, 0.1) is 0 Å². The van der Waals surface area contributed by atoms with Crippen LogP contribution in [0.5, 0.6) is 5.75 Å². The average molecular weight is 288 g/mol. The van der Waals surface area contributed by atoms with Gasteiger partial charge in [-0.3, -0.25) is 4.79 Å². The van der Waals surface area contributed by atoms with Crippen molar-refractivity contribution in [1.29, 1.82) is 0 Å². The van der Waals surface area contributed by atoms with Crippen LogP contribution in [-0.4, -0.2) is 21.9 Å². The summed E-state index contributed by atoms with van der Waals surface area (Å²) in [5.41, 5.74) is 0.150. The van der Waals surface area contributed by atoms with Gasteiger partial charge in [0.05, 0.1) is 23.5 Å². The van der Waals surface area contributed by atoms with Crippen molar-refractivity contribution in [3.63, 3.8) is 0 Å². The summed E-state index contributed by atoms with van der Waals surface area (Å²) in [6, 6.07) is 9.09. The quantitative estimate of drug-likeness (QED) is 0.886. The fourth-order valence-corrected chi connectivity index (χ4v) is 1.95. The summed E-state index contributed by atoms with van der Waals surface area (Å²) in [4.78, 5) is 11.7. The SMILES string of the molecule is CCCOc1ccc(-c2cc(C(C)(C)O)c(=O)[nH]n2)cc1. The van der Waals surface area contributed by atoms with E-state index in [1.165, 1.54) is 0 Å². The third-order valence-corrected chi connectivity index (χ3v) is 3.09. The Balaban J connectivity index is 2.32. The number of aromatic nitrogens is 2. The van der Waals surface area contributed by atoms with Crippen molar-refractivity contribution >= 4 is 0 Å². The van der Waals surface area contributed by atoms with E-state index in [0.717, 1.165) is 17.7 Å². The van der Waals surface area contributed by atoms with Gasteiger partial charge in [-0.2, -0.15) is 5.10 Å². The molecule has 0 fully saturated rings. The fraction of sp³-hybridized carbons (Fsp3) is 0.375. The number of nitrogens with one attached hydrogen (secondary N) is 1. The lowest BCUT2D eigenvalue weighted by molar-refractivity contribution is 0.0769. The highest BCUT2D eigenvalue weighted by Gasteiger charge is 2.21. The van der Waals surface area contributed by atoms with E-state index >= 15 is 0 Å². The number of rotatable bonds is 5. The molecule has 0 bridgehead atoms. The number of benzene rings is 1. The third kappa shape index (κ3) is 3.70. The normalized spacial score (nSPS) is 11.4. The van der Waals surface area contributed by atoms with Gasteiger partial charge in [-0.15, -0.1) is 0 Å². The van der Waals surface area contributed by atoms with E-state index in [1.54, 1.807) is 19.9 Å². The average Bonchev–Trinajstić information content (AvgIpc) is 2.45. The molecule has 0 saturated carbocycles. The molecule has 5 nitrogen and oxygen atoms in total. The second-order valence-electron chi connectivity index (χ2n) is 5.43. The van der Waals surface area contributed by atoms with Gasteiger partial charge in [0, 0.05) is 5.56 Å². The highest BCUT2D eigenvalue weighted by molar-refractivity contribution is 5.60. The number of aliphatic hydroxyl groups is 1. The molecular weight excluding hydrogens is 268 g/mol. The number of H-pyrrole nitrogens is 1. The minimum absolute atomic E-state index is 0.291. The van der Waals surface area contributed by atoms with Crippen LogP contribution >= 0.6 is 0 Å². The van der Waals surface area contributed by atoms with Crippen molar-refractivity contribution in [2.24, 2.45) is 0 Å². The lowest BCUT2D eigenvalue weighted by atomic mass is 9.98. The lowest BCUT2D eigenvalue weighted by Crippen LogP contribution is -2.27. The molecule has 0 spiro atoms. The van der Waals surface area contributed by atoms with Crippen LogP contribution in [0.15, 0.2) is 35.1 Å². The molecule has 0 aliphatic heterocycles. The minimum atomic E-state index is -1.21. The molecule has 0 saturated heterocycles. The van der Waals surface area contributed by atoms with E-state index in [4.69, 9.17) is 4.74 Å². The summed E-state index contributed by atoms with van der Waals surface area (Å²) in [7, 11) is 0. The smallest absolute Gasteiger partial charge is 0.270 e. The van der Waals surface area contributed by atoms with Crippen LogP contribution in [0.1, 0.15) is 32.8 Å². The highest BCUT2D eigenvalue weighted by atomic mass is 16.5. The topological polar surface area (TPSA) is 75.2 Å². The van der Waals surface area contributed by atoms with Crippen LogP contribution in [0.3, 0.4) is 0 Å². The van der Waals surface area contributed by atoms with Crippen molar-refractivity contribution < 1.29 is 9.84 Å². The predicted octanol–water partition coefficient (Wildman–Crippen LogP) is 2.45. The van der Waals surface area contributed by atoms with Gasteiger partial charge in [0.2, 0.25) is 0 Å². The Morgan fingerprint density at radius 3 is 2.52 bits per heavy atom. The van der Waals surface area contributed by atoms with Crippen molar-refractivity contribution in [2.45, 2.75) is 32.8 Å². The molecule has 1 heterocycles. The molecule has 0 aliphatic carbocycles. The van der Waals surface area contributed by atoms with Crippen molar-refractivity contribution in [2.75, 3.05) is 6.61 Å². The second-order valence-corrected chi connectivity index (χ2v) is 5.43.